The van der Waals surface area contributed by atoms with Crippen molar-refractivity contribution in [2.24, 2.45) is 0 Å². The number of aromatic hydroxyl groups is 3. The van der Waals surface area contributed by atoms with Crippen molar-refractivity contribution < 1.29 is 24.8 Å². The minimum Gasteiger partial charge on any atom is -0.504 e. The van der Waals surface area contributed by atoms with E-state index in [1.165, 1.54) is 30.4 Å². The van der Waals surface area contributed by atoms with E-state index in [-0.39, 0.29) is 23.0 Å². The van der Waals surface area contributed by atoms with Crippen LogP contribution >= 0.6 is 0 Å². The first-order valence-corrected chi connectivity index (χ1v) is 5.68. The number of hydrogen-bond donors (Lipinski definition) is 4. The summed E-state index contributed by atoms with van der Waals surface area (Å²) in [6.07, 6.45) is 2.79. The highest BCUT2D eigenvalue weighted by Gasteiger charge is 2.08. The maximum atomic E-state index is 11.4. The zero-order chi connectivity index (χ0) is 14.7. The van der Waals surface area contributed by atoms with Gasteiger partial charge in [0.1, 0.15) is 12.4 Å². The molecular weight excluding hydrogens is 264 g/mol. The first-order valence-electron chi connectivity index (χ1n) is 5.68. The van der Waals surface area contributed by atoms with Crippen molar-refractivity contribution >= 4 is 12.2 Å². The topological polar surface area (TPSA) is 111 Å². The van der Waals surface area contributed by atoms with E-state index in [1.807, 2.05) is 0 Å². The molecule has 0 aliphatic carbocycles. The van der Waals surface area contributed by atoms with Crippen LogP contribution in [-0.4, -0.2) is 20.4 Å². The fourth-order valence-corrected chi connectivity index (χ4v) is 1.56. The number of benzene rings is 1. The summed E-state index contributed by atoms with van der Waals surface area (Å²) in [5.41, 5.74) is -0.134. The standard InChI is InChI=1S/C14H12O6/c15-7-9-6-12(18)14(19)13(20-9)4-2-8-1-3-10(16)11(17)5-8/h1-6,15-17,19H,7H2/b4-2+. The highest BCUT2D eigenvalue weighted by Crippen LogP contribution is 2.26. The summed E-state index contributed by atoms with van der Waals surface area (Å²) in [6.45, 7) is -0.462. The van der Waals surface area contributed by atoms with Gasteiger partial charge in [0, 0.05) is 6.07 Å². The lowest BCUT2D eigenvalue weighted by atomic mass is 10.1. The molecule has 0 saturated carbocycles. The Bertz CT molecular complexity index is 714. The van der Waals surface area contributed by atoms with Crippen molar-refractivity contribution in [3.8, 4) is 17.2 Å². The summed E-state index contributed by atoms with van der Waals surface area (Å²) in [4.78, 5) is 11.4. The lowest BCUT2D eigenvalue weighted by Crippen LogP contribution is -2.02. The molecule has 1 aromatic carbocycles. The van der Waals surface area contributed by atoms with Gasteiger partial charge in [0.2, 0.25) is 11.2 Å². The molecule has 20 heavy (non-hydrogen) atoms. The van der Waals surface area contributed by atoms with E-state index >= 15 is 0 Å². The van der Waals surface area contributed by atoms with Crippen molar-refractivity contribution in [1.82, 2.24) is 0 Å². The minimum absolute atomic E-state index is 0.0287. The molecule has 0 amide bonds. The second-order valence-corrected chi connectivity index (χ2v) is 4.03. The predicted octanol–water partition coefficient (Wildman–Crippen LogP) is 1.42. The van der Waals surface area contributed by atoms with Gasteiger partial charge in [-0.2, -0.15) is 0 Å². The van der Waals surface area contributed by atoms with Crippen molar-refractivity contribution in [1.29, 1.82) is 0 Å². The Morgan fingerprint density at radius 1 is 1.05 bits per heavy atom. The Hall–Kier alpha value is -2.73. The minimum atomic E-state index is -0.659. The van der Waals surface area contributed by atoms with Crippen LogP contribution in [0.2, 0.25) is 0 Å². The summed E-state index contributed by atoms with van der Waals surface area (Å²) in [5, 5.41) is 37.0. The predicted molar refractivity (Wildman–Crippen MR) is 71.3 cm³/mol. The third-order valence-corrected chi connectivity index (χ3v) is 2.58. The van der Waals surface area contributed by atoms with Gasteiger partial charge in [-0.1, -0.05) is 12.1 Å². The lowest BCUT2D eigenvalue weighted by Gasteiger charge is -2.01. The van der Waals surface area contributed by atoms with Crippen LogP contribution in [0.25, 0.3) is 12.2 Å². The van der Waals surface area contributed by atoms with Gasteiger partial charge in [0.15, 0.2) is 17.3 Å². The van der Waals surface area contributed by atoms with Crippen molar-refractivity contribution in [3.63, 3.8) is 0 Å². The SMILES string of the molecule is O=c1cc(CO)oc(/C=C/c2ccc(O)c(O)c2)c1O. The van der Waals surface area contributed by atoms with Crippen molar-refractivity contribution in [2.75, 3.05) is 0 Å². The van der Waals surface area contributed by atoms with Crippen LogP contribution in [0.1, 0.15) is 17.1 Å². The first-order chi connectivity index (χ1) is 9.51. The lowest BCUT2D eigenvalue weighted by molar-refractivity contribution is 0.240. The summed E-state index contributed by atoms with van der Waals surface area (Å²) in [5.74, 6) is -1.18. The molecule has 0 fully saturated rings. The Kier molecular flexibility index (Phi) is 3.76. The molecule has 0 atom stereocenters. The highest BCUT2D eigenvalue weighted by atomic mass is 16.4. The monoisotopic (exact) mass is 276 g/mol. The number of rotatable bonds is 3. The van der Waals surface area contributed by atoms with Gasteiger partial charge in [-0.3, -0.25) is 4.79 Å². The zero-order valence-corrected chi connectivity index (χ0v) is 10.3. The van der Waals surface area contributed by atoms with E-state index in [2.05, 4.69) is 0 Å². The molecular formula is C14H12O6. The molecule has 104 valence electrons. The molecule has 0 radical (unpaired) electrons. The van der Waals surface area contributed by atoms with Crippen LogP contribution in [0.15, 0.2) is 33.5 Å². The van der Waals surface area contributed by atoms with E-state index in [4.69, 9.17) is 9.52 Å². The number of phenols is 2. The first kappa shape index (κ1) is 13.7. The summed E-state index contributed by atoms with van der Waals surface area (Å²) in [6, 6.07) is 5.13. The van der Waals surface area contributed by atoms with Gasteiger partial charge in [0.25, 0.3) is 0 Å². The van der Waals surface area contributed by atoms with Gasteiger partial charge in [-0.25, -0.2) is 0 Å². The molecule has 0 saturated heterocycles. The Morgan fingerprint density at radius 2 is 1.80 bits per heavy atom. The van der Waals surface area contributed by atoms with Gasteiger partial charge in [-0.15, -0.1) is 0 Å². The Balaban J connectivity index is 2.38. The van der Waals surface area contributed by atoms with Crippen LogP contribution in [-0.2, 0) is 6.61 Å². The molecule has 0 aliphatic heterocycles. The third kappa shape index (κ3) is 2.81. The molecule has 6 nitrogen and oxygen atoms in total. The second kappa shape index (κ2) is 5.50. The number of phenolic OH excluding ortho intramolecular Hbond substituents is 2. The summed E-state index contributed by atoms with van der Waals surface area (Å²) >= 11 is 0. The second-order valence-electron chi connectivity index (χ2n) is 4.03. The van der Waals surface area contributed by atoms with Crippen LogP contribution in [0, 0.1) is 0 Å². The van der Waals surface area contributed by atoms with Gasteiger partial charge < -0.3 is 24.8 Å². The normalized spacial score (nSPS) is 11.1. The average Bonchev–Trinajstić information content (AvgIpc) is 2.44. The molecule has 1 heterocycles. The number of hydrogen-bond acceptors (Lipinski definition) is 6. The molecule has 4 N–H and O–H groups in total. The van der Waals surface area contributed by atoms with E-state index in [0.29, 0.717) is 5.56 Å². The van der Waals surface area contributed by atoms with Crippen molar-refractivity contribution in [3.05, 3.63) is 51.6 Å². The highest BCUT2D eigenvalue weighted by molar-refractivity contribution is 5.70. The fraction of sp³-hybridized carbons (Fsp3) is 0.0714. The van der Waals surface area contributed by atoms with E-state index in [9.17, 15) is 20.1 Å². The maximum absolute atomic E-state index is 11.4. The molecule has 0 spiro atoms. The average molecular weight is 276 g/mol. The Labute approximate surface area is 113 Å². The van der Waals surface area contributed by atoms with Gasteiger partial charge in [-0.05, 0) is 23.8 Å². The molecule has 1 aromatic heterocycles. The number of aliphatic hydroxyl groups is 1. The molecule has 2 aromatic rings. The van der Waals surface area contributed by atoms with E-state index < -0.39 is 17.8 Å². The third-order valence-electron chi connectivity index (χ3n) is 2.58. The van der Waals surface area contributed by atoms with E-state index in [0.717, 1.165) is 6.07 Å². The maximum Gasteiger partial charge on any atom is 0.227 e. The summed E-state index contributed by atoms with van der Waals surface area (Å²) < 4.78 is 5.12. The van der Waals surface area contributed by atoms with Crippen LogP contribution < -0.4 is 5.43 Å². The molecule has 6 heteroatoms. The smallest absolute Gasteiger partial charge is 0.227 e. The zero-order valence-electron chi connectivity index (χ0n) is 10.3. The van der Waals surface area contributed by atoms with Crippen molar-refractivity contribution in [2.45, 2.75) is 6.61 Å². The quantitative estimate of drug-likeness (QED) is 0.631. The summed E-state index contributed by atoms with van der Waals surface area (Å²) in [7, 11) is 0. The Morgan fingerprint density at radius 3 is 2.45 bits per heavy atom. The largest absolute Gasteiger partial charge is 0.504 e. The van der Waals surface area contributed by atoms with Crippen LogP contribution in [0.3, 0.4) is 0 Å². The molecule has 0 unspecified atom stereocenters. The molecule has 0 aliphatic rings. The van der Waals surface area contributed by atoms with Gasteiger partial charge >= 0.3 is 0 Å². The van der Waals surface area contributed by atoms with Crippen LogP contribution in [0.5, 0.6) is 17.2 Å². The number of aliphatic hydroxyl groups excluding tert-OH is 1. The van der Waals surface area contributed by atoms with Gasteiger partial charge in [0.05, 0.1) is 0 Å². The fourth-order valence-electron chi connectivity index (χ4n) is 1.56. The van der Waals surface area contributed by atoms with E-state index in [1.54, 1.807) is 0 Å². The molecule has 2 rings (SSSR count). The molecule has 0 bridgehead atoms. The van der Waals surface area contributed by atoms with Crippen LogP contribution in [0.4, 0.5) is 0 Å².